The molecule has 16 heavy (non-hydrogen) atoms. The van der Waals surface area contributed by atoms with Crippen LogP contribution in [0.1, 0.15) is 0 Å². The highest BCUT2D eigenvalue weighted by Gasteiger charge is 2.03. The largest absolute Gasteiger partial charge is 0.268 e. The van der Waals surface area contributed by atoms with Gasteiger partial charge in [0.05, 0.1) is 11.2 Å². The van der Waals surface area contributed by atoms with Crippen LogP contribution in [0.4, 0.5) is 0 Å². The number of hydrogen-bond donors (Lipinski definition) is 0. The van der Waals surface area contributed by atoms with E-state index < -0.39 is 0 Å². The highest BCUT2D eigenvalue weighted by atomic mass is 15.3. The predicted molar refractivity (Wildman–Crippen MR) is 63.9 cm³/mol. The first-order valence-corrected chi connectivity index (χ1v) is 5.18. The lowest BCUT2D eigenvalue weighted by Gasteiger charge is -2.03. The molecule has 0 spiro atoms. The monoisotopic (exact) mass is 209 g/mol. The van der Waals surface area contributed by atoms with Gasteiger partial charge >= 0.3 is 0 Å². The van der Waals surface area contributed by atoms with Gasteiger partial charge in [0.15, 0.2) is 0 Å². The van der Waals surface area contributed by atoms with Crippen LogP contribution in [0.3, 0.4) is 0 Å². The van der Waals surface area contributed by atoms with Crippen LogP contribution < -0.4 is 0 Å². The summed E-state index contributed by atoms with van der Waals surface area (Å²) in [5.74, 6) is 0. The van der Waals surface area contributed by atoms with Crippen molar-refractivity contribution < 1.29 is 0 Å². The molecule has 0 N–H and O–H groups in total. The lowest BCUT2D eigenvalue weighted by molar-refractivity contribution is 0.775. The molecule has 3 nitrogen and oxygen atoms in total. The van der Waals surface area contributed by atoms with Crippen molar-refractivity contribution in [2.75, 3.05) is 0 Å². The molecule has 0 amide bonds. The molecule has 0 fully saturated rings. The summed E-state index contributed by atoms with van der Waals surface area (Å²) in [6, 6.07) is 12.2. The molecule has 3 rings (SSSR count). The van der Waals surface area contributed by atoms with Crippen molar-refractivity contribution in [3.63, 3.8) is 0 Å². The Morgan fingerprint density at radius 2 is 2.00 bits per heavy atom. The summed E-state index contributed by atoms with van der Waals surface area (Å²) in [4.78, 5) is 4.44. The Hall–Kier alpha value is -2.16. The van der Waals surface area contributed by atoms with Crippen LogP contribution >= 0.6 is 0 Å². The number of aromatic nitrogens is 3. The number of rotatable bonds is 1. The van der Waals surface area contributed by atoms with E-state index >= 15 is 0 Å². The third-order valence-electron chi connectivity index (χ3n) is 2.71. The van der Waals surface area contributed by atoms with Gasteiger partial charge in [0.25, 0.3) is 0 Å². The van der Waals surface area contributed by atoms with Gasteiger partial charge in [0, 0.05) is 30.4 Å². The highest BCUT2D eigenvalue weighted by molar-refractivity contribution is 5.82. The third kappa shape index (κ3) is 1.37. The van der Waals surface area contributed by atoms with E-state index in [-0.39, 0.29) is 0 Å². The minimum Gasteiger partial charge on any atom is -0.268 e. The average Bonchev–Trinajstić information content (AvgIpc) is 2.75. The van der Waals surface area contributed by atoms with E-state index in [0.29, 0.717) is 0 Å². The number of benzene rings is 1. The molecular formula is C13H11N3. The zero-order valence-electron chi connectivity index (χ0n) is 8.96. The maximum Gasteiger partial charge on any atom is 0.0702 e. The van der Waals surface area contributed by atoms with Crippen molar-refractivity contribution in [1.82, 2.24) is 14.8 Å². The number of para-hydroxylation sites is 1. The van der Waals surface area contributed by atoms with Gasteiger partial charge in [0.1, 0.15) is 0 Å². The molecule has 0 radical (unpaired) electrons. The molecule has 0 aliphatic carbocycles. The Morgan fingerprint density at radius 1 is 1.12 bits per heavy atom. The van der Waals surface area contributed by atoms with Gasteiger partial charge < -0.3 is 0 Å². The van der Waals surface area contributed by atoms with E-state index in [9.17, 15) is 0 Å². The standard InChI is InChI=1S/C13H11N3/c1-16-13(6-7-15-16)11-8-10-4-2-3-5-12(10)14-9-11/h2-9H,1H3. The molecule has 3 aromatic rings. The Kier molecular flexibility index (Phi) is 1.96. The second-order valence-corrected chi connectivity index (χ2v) is 3.76. The topological polar surface area (TPSA) is 30.7 Å². The summed E-state index contributed by atoms with van der Waals surface area (Å²) in [6.07, 6.45) is 3.68. The molecule has 0 aliphatic heterocycles. The Bertz CT molecular complexity index is 640. The smallest absolute Gasteiger partial charge is 0.0702 e. The number of nitrogens with zero attached hydrogens (tertiary/aromatic N) is 3. The third-order valence-corrected chi connectivity index (χ3v) is 2.71. The van der Waals surface area contributed by atoms with Gasteiger partial charge in [-0.15, -0.1) is 0 Å². The lowest BCUT2D eigenvalue weighted by atomic mass is 10.1. The summed E-state index contributed by atoms with van der Waals surface area (Å²) in [7, 11) is 1.94. The first-order chi connectivity index (χ1) is 7.84. The molecule has 0 saturated heterocycles. The van der Waals surface area contributed by atoms with Crippen molar-refractivity contribution in [1.29, 1.82) is 0 Å². The minimum absolute atomic E-state index is 1.02. The van der Waals surface area contributed by atoms with Gasteiger partial charge in [-0.05, 0) is 18.2 Å². The maximum absolute atomic E-state index is 4.44. The van der Waals surface area contributed by atoms with E-state index in [1.165, 1.54) is 0 Å². The molecule has 2 aromatic heterocycles. The van der Waals surface area contributed by atoms with Gasteiger partial charge in [-0.3, -0.25) is 9.67 Å². The number of aryl methyl sites for hydroxylation is 1. The average molecular weight is 209 g/mol. The van der Waals surface area contributed by atoms with Crippen molar-refractivity contribution in [2.24, 2.45) is 7.05 Å². The van der Waals surface area contributed by atoms with Crippen LogP contribution in [0.5, 0.6) is 0 Å². The molecular weight excluding hydrogens is 198 g/mol. The molecule has 78 valence electrons. The van der Waals surface area contributed by atoms with Crippen molar-refractivity contribution in [3.05, 3.63) is 48.8 Å². The maximum atomic E-state index is 4.44. The fraction of sp³-hybridized carbons (Fsp3) is 0.0769. The molecule has 3 heteroatoms. The van der Waals surface area contributed by atoms with E-state index in [2.05, 4.69) is 22.2 Å². The number of hydrogen-bond acceptors (Lipinski definition) is 2. The Morgan fingerprint density at radius 3 is 2.81 bits per heavy atom. The van der Waals surface area contributed by atoms with Gasteiger partial charge in [0.2, 0.25) is 0 Å². The summed E-state index contributed by atoms with van der Waals surface area (Å²) in [5.41, 5.74) is 3.20. The molecule has 0 unspecified atom stereocenters. The van der Waals surface area contributed by atoms with Crippen LogP contribution in [-0.2, 0) is 7.05 Å². The Balaban J connectivity index is 2.23. The van der Waals surface area contributed by atoms with Crippen LogP contribution in [0, 0.1) is 0 Å². The summed E-state index contributed by atoms with van der Waals surface area (Å²) in [5, 5.41) is 5.32. The molecule has 2 heterocycles. The predicted octanol–water partition coefficient (Wildman–Crippen LogP) is 2.64. The van der Waals surface area contributed by atoms with Crippen molar-refractivity contribution >= 4 is 10.9 Å². The number of pyridine rings is 1. The Labute approximate surface area is 93.4 Å². The molecule has 0 atom stereocenters. The molecule has 1 aromatic carbocycles. The zero-order valence-corrected chi connectivity index (χ0v) is 8.96. The first kappa shape index (κ1) is 9.09. The van der Waals surface area contributed by atoms with E-state index in [1.807, 2.05) is 42.2 Å². The fourth-order valence-electron chi connectivity index (χ4n) is 1.87. The SMILES string of the molecule is Cn1nccc1-c1cnc2ccccc2c1. The summed E-state index contributed by atoms with van der Waals surface area (Å²) in [6.45, 7) is 0. The van der Waals surface area contributed by atoms with Crippen molar-refractivity contribution in [2.45, 2.75) is 0 Å². The quantitative estimate of drug-likeness (QED) is 0.616. The second-order valence-electron chi connectivity index (χ2n) is 3.76. The van der Waals surface area contributed by atoms with E-state index in [0.717, 1.165) is 22.2 Å². The van der Waals surface area contributed by atoms with Crippen LogP contribution in [0.15, 0.2) is 48.8 Å². The summed E-state index contributed by atoms with van der Waals surface area (Å²) >= 11 is 0. The molecule has 0 saturated carbocycles. The number of fused-ring (bicyclic) bond motifs is 1. The normalized spacial score (nSPS) is 10.8. The molecule has 0 bridgehead atoms. The lowest BCUT2D eigenvalue weighted by Crippen LogP contribution is -1.93. The van der Waals surface area contributed by atoms with Gasteiger partial charge in [-0.1, -0.05) is 18.2 Å². The van der Waals surface area contributed by atoms with Crippen LogP contribution in [-0.4, -0.2) is 14.8 Å². The summed E-state index contributed by atoms with van der Waals surface area (Å²) < 4.78 is 1.85. The van der Waals surface area contributed by atoms with E-state index in [4.69, 9.17) is 0 Å². The van der Waals surface area contributed by atoms with Gasteiger partial charge in [-0.2, -0.15) is 5.10 Å². The zero-order chi connectivity index (χ0) is 11.0. The highest BCUT2D eigenvalue weighted by Crippen LogP contribution is 2.21. The van der Waals surface area contributed by atoms with Crippen LogP contribution in [0.25, 0.3) is 22.2 Å². The van der Waals surface area contributed by atoms with Crippen LogP contribution in [0.2, 0.25) is 0 Å². The minimum atomic E-state index is 1.02. The first-order valence-electron chi connectivity index (χ1n) is 5.18. The fourth-order valence-corrected chi connectivity index (χ4v) is 1.87. The molecule has 0 aliphatic rings. The second kappa shape index (κ2) is 3.45. The van der Waals surface area contributed by atoms with Crippen molar-refractivity contribution in [3.8, 4) is 11.3 Å². The van der Waals surface area contributed by atoms with Gasteiger partial charge in [-0.25, -0.2) is 0 Å². The van der Waals surface area contributed by atoms with E-state index in [1.54, 1.807) is 6.20 Å².